The lowest BCUT2D eigenvalue weighted by Crippen LogP contribution is -2.33. The molecule has 2 amide bonds. The quantitative estimate of drug-likeness (QED) is 0.416. The number of nitrogens with one attached hydrogen (secondary N) is 2. The van der Waals surface area contributed by atoms with Gasteiger partial charge in [-0.15, -0.1) is 0 Å². The molecule has 6 nitrogen and oxygen atoms in total. The van der Waals surface area contributed by atoms with Gasteiger partial charge in [-0.3, -0.25) is 14.4 Å². The van der Waals surface area contributed by atoms with Gasteiger partial charge in [0.1, 0.15) is 5.76 Å². The van der Waals surface area contributed by atoms with Crippen molar-refractivity contribution < 1.29 is 14.0 Å². The Labute approximate surface area is 192 Å². The number of halogens is 1. The highest BCUT2D eigenvalue weighted by Gasteiger charge is 2.18. The van der Waals surface area contributed by atoms with E-state index in [1.54, 1.807) is 49.4 Å². The Balaban J connectivity index is 1.60. The number of carbonyl (C=O) groups is 2. The van der Waals surface area contributed by atoms with Crippen LogP contribution in [0.4, 0.5) is 5.69 Å². The van der Waals surface area contributed by atoms with E-state index >= 15 is 0 Å². The van der Waals surface area contributed by atoms with E-state index in [0.29, 0.717) is 22.4 Å². The third-order valence-corrected chi connectivity index (χ3v) is 5.49. The van der Waals surface area contributed by atoms with Gasteiger partial charge in [0.2, 0.25) is 5.91 Å². The molecule has 7 heteroatoms. The minimum atomic E-state index is -0.507. The number of benzene rings is 3. The Morgan fingerprint density at radius 2 is 1.66 bits per heavy atom. The Bertz CT molecular complexity index is 1360. The summed E-state index contributed by atoms with van der Waals surface area (Å²) in [5, 5.41) is 5.62. The summed E-state index contributed by atoms with van der Waals surface area (Å²) in [5.41, 5.74) is 2.00. The van der Waals surface area contributed by atoms with Crippen molar-refractivity contribution in [1.29, 1.82) is 0 Å². The van der Waals surface area contributed by atoms with E-state index in [9.17, 15) is 14.4 Å². The van der Waals surface area contributed by atoms with Gasteiger partial charge in [-0.25, -0.2) is 0 Å². The molecule has 0 atom stereocenters. The van der Waals surface area contributed by atoms with Crippen LogP contribution in [0, 0.1) is 6.92 Å². The third-order valence-electron chi connectivity index (χ3n) is 4.96. The summed E-state index contributed by atoms with van der Waals surface area (Å²) < 4.78 is 6.95. The van der Waals surface area contributed by atoms with E-state index in [-0.39, 0.29) is 29.0 Å². The Morgan fingerprint density at radius 1 is 0.938 bits per heavy atom. The van der Waals surface area contributed by atoms with Crippen LogP contribution < -0.4 is 16.1 Å². The second-order valence-electron chi connectivity index (χ2n) is 7.17. The molecular formula is C25H19BrN2O4. The number of para-hydroxylation sites is 1. The number of carbonyl (C=O) groups excluding carboxylic acids is 2. The molecule has 0 fully saturated rings. The van der Waals surface area contributed by atoms with Crippen LogP contribution in [0.2, 0.25) is 0 Å². The molecule has 2 N–H and O–H groups in total. The summed E-state index contributed by atoms with van der Waals surface area (Å²) in [6.07, 6.45) is 0. The first-order valence-corrected chi connectivity index (χ1v) is 10.7. The molecule has 1 aromatic heterocycles. The molecule has 0 unspecified atom stereocenters. The van der Waals surface area contributed by atoms with Crippen molar-refractivity contribution in [3.8, 4) is 11.3 Å². The maximum atomic E-state index is 12.9. The van der Waals surface area contributed by atoms with Crippen LogP contribution in [-0.4, -0.2) is 18.4 Å². The first-order valence-electron chi connectivity index (χ1n) is 9.89. The zero-order valence-electron chi connectivity index (χ0n) is 17.1. The van der Waals surface area contributed by atoms with Crippen LogP contribution in [0.1, 0.15) is 15.9 Å². The molecule has 0 aliphatic carbocycles. The van der Waals surface area contributed by atoms with Crippen molar-refractivity contribution in [2.75, 3.05) is 11.9 Å². The molecule has 32 heavy (non-hydrogen) atoms. The summed E-state index contributed by atoms with van der Waals surface area (Å²) >= 11 is 3.34. The average Bonchev–Trinajstić information content (AvgIpc) is 2.81. The normalized spacial score (nSPS) is 10.7. The second-order valence-corrected chi connectivity index (χ2v) is 8.09. The molecule has 0 radical (unpaired) electrons. The summed E-state index contributed by atoms with van der Waals surface area (Å²) in [6, 6.07) is 21.2. The van der Waals surface area contributed by atoms with Crippen molar-refractivity contribution in [2.24, 2.45) is 0 Å². The lowest BCUT2D eigenvalue weighted by molar-refractivity contribution is -0.115. The molecule has 0 saturated carbocycles. The van der Waals surface area contributed by atoms with Gasteiger partial charge in [-0.2, -0.15) is 0 Å². The largest absolute Gasteiger partial charge is 0.455 e. The molecule has 1 heterocycles. The monoisotopic (exact) mass is 490 g/mol. The second kappa shape index (κ2) is 9.20. The minimum absolute atomic E-state index is 0.188. The lowest BCUT2D eigenvalue weighted by atomic mass is 10.0. The SMILES string of the molecule is Cc1c(-c2ccccc2)oc2c(C(=O)NCC(=O)Nc3ccc(Br)cc3)cccc2c1=O. The summed E-state index contributed by atoms with van der Waals surface area (Å²) in [7, 11) is 0. The van der Waals surface area contributed by atoms with Crippen molar-refractivity contribution in [3.63, 3.8) is 0 Å². The van der Waals surface area contributed by atoms with Gasteiger partial charge >= 0.3 is 0 Å². The maximum Gasteiger partial charge on any atom is 0.255 e. The summed E-state index contributed by atoms with van der Waals surface area (Å²) in [5.74, 6) is -0.466. The van der Waals surface area contributed by atoms with Crippen molar-refractivity contribution >= 4 is 44.4 Å². The van der Waals surface area contributed by atoms with E-state index in [1.165, 1.54) is 0 Å². The van der Waals surface area contributed by atoms with Crippen molar-refractivity contribution in [1.82, 2.24) is 5.32 Å². The average molecular weight is 491 g/mol. The van der Waals surface area contributed by atoms with Crippen molar-refractivity contribution in [3.05, 3.63) is 98.6 Å². The predicted octanol–water partition coefficient (Wildman–Crippen LogP) is 4.90. The van der Waals surface area contributed by atoms with E-state index < -0.39 is 5.91 Å². The first-order chi connectivity index (χ1) is 15.4. The standard InChI is InChI=1S/C25H19BrN2O4/c1-15-22(30)19-8-5-9-20(24(19)32-23(15)16-6-3-2-4-7-16)25(31)27-14-21(29)28-18-12-10-17(26)11-13-18/h2-13H,14H2,1H3,(H,27,31)(H,28,29). The van der Waals surface area contributed by atoms with E-state index in [1.807, 2.05) is 30.3 Å². The van der Waals surface area contributed by atoms with Gasteiger partial charge in [0.05, 0.1) is 17.5 Å². The van der Waals surface area contributed by atoms with Gasteiger partial charge in [0.25, 0.3) is 5.91 Å². The van der Waals surface area contributed by atoms with Crippen LogP contribution in [0.5, 0.6) is 0 Å². The fourth-order valence-electron chi connectivity index (χ4n) is 3.35. The zero-order chi connectivity index (χ0) is 22.7. The maximum absolute atomic E-state index is 12.9. The summed E-state index contributed by atoms with van der Waals surface area (Å²) in [6.45, 7) is 1.47. The van der Waals surface area contributed by atoms with Crippen LogP contribution in [-0.2, 0) is 4.79 Å². The fraction of sp³-hybridized carbons (Fsp3) is 0.0800. The Kier molecular flexibility index (Phi) is 6.18. The molecule has 0 bridgehead atoms. The van der Waals surface area contributed by atoms with Gasteiger partial charge in [0.15, 0.2) is 11.0 Å². The molecule has 4 aromatic rings. The zero-order valence-corrected chi connectivity index (χ0v) is 18.7. The number of amides is 2. The number of fused-ring (bicyclic) bond motifs is 1. The van der Waals surface area contributed by atoms with Crippen LogP contribution in [0.3, 0.4) is 0 Å². The van der Waals surface area contributed by atoms with Gasteiger partial charge in [-0.05, 0) is 43.3 Å². The predicted molar refractivity (Wildman–Crippen MR) is 128 cm³/mol. The van der Waals surface area contributed by atoms with E-state index in [2.05, 4.69) is 26.6 Å². The first kappa shape index (κ1) is 21.5. The van der Waals surface area contributed by atoms with Crippen LogP contribution >= 0.6 is 15.9 Å². The Morgan fingerprint density at radius 3 is 2.38 bits per heavy atom. The van der Waals surface area contributed by atoms with E-state index in [4.69, 9.17) is 4.42 Å². The minimum Gasteiger partial charge on any atom is -0.455 e. The highest BCUT2D eigenvalue weighted by atomic mass is 79.9. The summed E-state index contributed by atoms with van der Waals surface area (Å²) in [4.78, 5) is 38.0. The molecular weight excluding hydrogens is 472 g/mol. The van der Waals surface area contributed by atoms with Crippen LogP contribution in [0.25, 0.3) is 22.3 Å². The molecule has 0 aliphatic rings. The molecule has 3 aromatic carbocycles. The Hall–Kier alpha value is -3.71. The van der Waals surface area contributed by atoms with Gasteiger partial charge in [-0.1, -0.05) is 52.3 Å². The molecule has 0 aliphatic heterocycles. The molecule has 0 saturated heterocycles. The molecule has 0 spiro atoms. The number of anilines is 1. The smallest absolute Gasteiger partial charge is 0.255 e. The highest BCUT2D eigenvalue weighted by molar-refractivity contribution is 9.10. The van der Waals surface area contributed by atoms with Crippen LogP contribution in [0.15, 0.2) is 86.5 Å². The fourth-order valence-corrected chi connectivity index (χ4v) is 3.61. The topological polar surface area (TPSA) is 88.4 Å². The van der Waals surface area contributed by atoms with E-state index in [0.717, 1.165) is 10.0 Å². The number of rotatable bonds is 5. The van der Waals surface area contributed by atoms with Crippen molar-refractivity contribution in [2.45, 2.75) is 6.92 Å². The number of hydrogen-bond donors (Lipinski definition) is 2. The van der Waals surface area contributed by atoms with Gasteiger partial charge < -0.3 is 15.1 Å². The lowest BCUT2D eigenvalue weighted by Gasteiger charge is -2.11. The third kappa shape index (κ3) is 4.48. The van der Waals surface area contributed by atoms with Gasteiger partial charge in [0, 0.05) is 21.3 Å². The molecule has 160 valence electrons. The highest BCUT2D eigenvalue weighted by Crippen LogP contribution is 2.27. The molecule has 4 rings (SSSR count). The number of hydrogen-bond acceptors (Lipinski definition) is 4.